The maximum atomic E-state index is 13.0. The molecule has 9 nitrogen and oxygen atoms in total. The number of aryl methyl sites for hydroxylation is 1. The van der Waals surface area contributed by atoms with Crippen LogP contribution < -0.4 is 9.46 Å². The van der Waals surface area contributed by atoms with Crippen LogP contribution in [0.4, 0.5) is 5.69 Å². The first-order valence-corrected chi connectivity index (χ1v) is 10.0. The molecule has 0 saturated heterocycles. The van der Waals surface area contributed by atoms with Crippen molar-refractivity contribution >= 4 is 27.3 Å². The maximum Gasteiger partial charge on any atom is 0.265 e. The summed E-state index contributed by atoms with van der Waals surface area (Å²) in [6, 6.07) is 4.41. The minimum atomic E-state index is -3.98. The number of anilines is 1. The van der Waals surface area contributed by atoms with Crippen LogP contribution in [0, 0.1) is 6.92 Å². The molecule has 0 saturated carbocycles. The van der Waals surface area contributed by atoms with Crippen LogP contribution in [0.15, 0.2) is 35.7 Å². The van der Waals surface area contributed by atoms with E-state index in [4.69, 9.17) is 16.3 Å². The summed E-state index contributed by atoms with van der Waals surface area (Å²) in [4.78, 5) is -0.0603. The molecule has 0 amide bonds. The van der Waals surface area contributed by atoms with Gasteiger partial charge in [0.1, 0.15) is 29.0 Å². The number of nitrogens with zero attached hydrogens (tertiary/aromatic N) is 5. The molecule has 0 aliphatic rings. The van der Waals surface area contributed by atoms with Crippen molar-refractivity contribution in [3.63, 3.8) is 0 Å². The summed E-state index contributed by atoms with van der Waals surface area (Å²) < 4.78 is 37.2. The molecule has 27 heavy (non-hydrogen) atoms. The number of aromatic nitrogens is 5. The summed E-state index contributed by atoms with van der Waals surface area (Å²) in [5.74, 6) is 0.576. The molecule has 2 aromatic heterocycles. The van der Waals surface area contributed by atoms with Crippen molar-refractivity contribution < 1.29 is 13.2 Å². The van der Waals surface area contributed by atoms with Crippen LogP contribution in [0.2, 0.25) is 5.02 Å². The van der Waals surface area contributed by atoms with E-state index in [2.05, 4.69) is 20.0 Å². The number of halogens is 1. The van der Waals surface area contributed by atoms with Crippen LogP contribution in [0.1, 0.15) is 19.0 Å². The van der Waals surface area contributed by atoms with Crippen LogP contribution in [-0.4, -0.2) is 40.1 Å². The molecule has 0 fully saturated rings. The number of sulfonamides is 1. The molecule has 3 rings (SSSR count). The predicted molar refractivity (Wildman–Crippen MR) is 101 cm³/mol. The normalized spacial score (nSPS) is 11.6. The summed E-state index contributed by atoms with van der Waals surface area (Å²) in [7, 11) is -2.59. The summed E-state index contributed by atoms with van der Waals surface area (Å²) in [5.41, 5.74) is 1.01. The first-order chi connectivity index (χ1) is 12.9. The third-order valence-corrected chi connectivity index (χ3v) is 5.54. The molecule has 0 unspecified atom stereocenters. The van der Waals surface area contributed by atoms with Gasteiger partial charge in [-0.15, -0.1) is 10.2 Å². The van der Waals surface area contributed by atoms with Crippen molar-refractivity contribution in [1.82, 2.24) is 24.5 Å². The van der Waals surface area contributed by atoms with Crippen LogP contribution in [0.25, 0.3) is 5.82 Å². The predicted octanol–water partition coefficient (Wildman–Crippen LogP) is 2.65. The van der Waals surface area contributed by atoms with Crippen LogP contribution in [-0.2, 0) is 16.6 Å². The summed E-state index contributed by atoms with van der Waals surface area (Å²) in [5, 5.41) is 12.3. The van der Waals surface area contributed by atoms with Gasteiger partial charge in [-0.25, -0.2) is 8.42 Å². The molecule has 3 aromatic rings. The molecule has 1 aromatic carbocycles. The van der Waals surface area contributed by atoms with Gasteiger partial charge >= 0.3 is 0 Å². The van der Waals surface area contributed by atoms with Crippen LogP contribution in [0.5, 0.6) is 5.75 Å². The second kappa shape index (κ2) is 7.57. The number of nitrogens with one attached hydrogen (secondary N) is 1. The molecular formula is C16H19ClN6O3S. The second-order valence-electron chi connectivity index (χ2n) is 5.78. The highest BCUT2D eigenvalue weighted by atomic mass is 35.5. The van der Waals surface area contributed by atoms with Gasteiger partial charge in [-0.05, 0) is 31.5 Å². The monoisotopic (exact) mass is 410 g/mol. The van der Waals surface area contributed by atoms with E-state index in [0.29, 0.717) is 23.7 Å². The Morgan fingerprint density at radius 1 is 1.26 bits per heavy atom. The van der Waals surface area contributed by atoms with Gasteiger partial charge in [0, 0.05) is 11.6 Å². The SMILES string of the molecule is CCCn1nc(-n2cnnc2)c(NS(=O)(=O)c2cc(Cl)ccc2OC)c1C. The Hall–Kier alpha value is -2.59. The van der Waals surface area contributed by atoms with E-state index in [1.54, 1.807) is 22.2 Å². The average Bonchev–Trinajstić information content (AvgIpc) is 3.26. The zero-order valence-corrected chi connectivity index (χ0v) is 16.6. The largest absolute Gasteiger partial charge is 0.495 e. The number of hydrogen-bond donors (Lipinski definition) is 1. The third kappa shape index (κ3) is 3.76. The van der Waals surface area contributed by atoms with E-state index in [9.17, 15) is 8.42 Å². The molecule has 0 aliphatic heterocycles. The smallest absolute Gasteiger partial charge is 0.265 e. The van der Waals surface area contributed by atoms with E-state index in [0.717, 1.165) is 6.42 Å². The van der Waals surface area contributed by atoms with Crippen molar-refractivity contribution in [1.29, 1.82) is 0 Å². The number of methoxy groups -OCH3 is 1. The molecule has 0 aliphatic carbocycles. The summed E-state index contributed by atoms with van der Waals surface area (Å²) >= 11 is 5.99. The van der Waals surface area contributed by atoms with Crippen molar-refractivity contribution in [2.24, 2.45) is 0 Å². The van der Waals surface area contributed by atoms with Crippen molar-refractivity contribution in [2.75, 3.05) is 11.8 Å². The van der Waals surface area contributed by atoms with E-state index >= 15 is 0 Å². The molecular weight excluding hydrogens is 392 g/mol. The Morgan fingerprint density at radius 2 is 1.96 bits per heavy atom. The molecule has 0 bridgehead atoms. The average molecular weight is 411 g/mol. The molecule has 2 heterocycles. The number of ether oxygens (including phenoxy) is 1. The minimum absolute atomic E-state index is 0.0603. The van der Waals surface area contributed by atoms with Gasteiger partial charge in [0.15, 0.2) is 5.82 Å². The van der Waals surface area contributed by atoms with Gasteiger partial charge in [0.2, 0.25) is 0 Å². The Morgan fingerprint density at radius 3 is 2.59 bits per heavy atom. The molecule has 0 radical (unpaired) electrons. The fourth-order valence-electron chi connectivity index (χ4n) is 2.62. The highest BCUT2D eigenvalue weighted by Crippen LogP contribution is 2.31. The zero-order chi connectivity index (χ0) is 19.6. The fraction of sp³-hybridized carbons (Fsp3) is 0.312. The standard InChI is InChI=1S/C16H19ClN6O3S/c1-4-7-23-11(2)15(16(20-23)22-9-18-19-10-22)21-27(24,25)14-8-12(17)5-6-13(14)26-3/h5-6,8-10,21H,4,7H2,1-3H3. The lowest BCUT2D eigenvalue weighted by Crippen LogP contribution is -2.16. The quantitative estimate of drug-likeness (QED) is 0.642. The molecule has 0 atom stereocenters. The van der Waals surface area contributed by atoms with Gasteiger partial charge in [0.25, 0.3) is 10.0 Å². The second-order valence-corrected chi connectivity index (χ2v) is 7.86. The number of hydrogen-bond acceptors (Lipinski definition) is 6. The van der Waals surface area contributed by atoms with Gasteiger partial charge in [-0.1, -0.05) is 18.5 Å². The molecule has 11 heteroatoms. The van der Waals surface area contributed by atoms with Gasteiger partial charge in [0.05, 0.1) is 12.8 Å². The number of rotatable bonds is 7. The lowest BCUT2D eigenvalue weighted by atomic mass is 10.3. The van der Waals surface area contributed by atoms with Gasteiger partial charge in [-0.2, -0.15) is 5.10 Å². The summed E-state index contributed by atoms with van der Waals surface area (Å²) in [6.07, 6.45) is 3.75. The highest BCUT2D eigenvalue weighted by molar-refractivity contribution is 7.92. The molecule has 1 N–H and O–H groups in total. The number of benzene rings is 1. The highest BCUT2D eigenvalue weighted by Gasteiger charge is 2.25. The summed E-state index contributed by atoms with van der Waals surface area (Å²) in [6.45, 7) is 4.45. The lowest BCUT2D eigenvalue weighted by Gasteiger charge is -2.13. The van der Waals surface area contributed by atoms with Crippen LogP contribution >= 0.6 is 11.6 Å². The first kappa shape index (κ1) is 19.2. The van der Waals surface area contributed by atoms with Gasteiger partial charge < -0.3 is 4.74 Å². The van der Waals surface area contributed by atoms with Gasteiger partial charge in [-0.3, -0.25) is 14.0 Å². The molecule has 144 valence electrons. The fourth-order valence-corrected chi connectivity index (χ4v) is 4.17. The van der Waals surface area contributed by atoms with Crippen LogP contribution in [0.3, 0.4) is 0 Å². The van der Waals surface area contributed by atoms with Crippen molar-refractivity contribution in [3.8, 4) is 11.6 Å². The Bertz CT molecular complexity index is 1050. The van der Waals surface area contributed by atoms with Crippen molar-refractivity contribution in [3.05, 3.63) is 41.6 Å². The third-order valence-electron chi connectivity index (χ3n) is 3.94. The van der Waals surface area contributed by atoms with E-state index in [1.807, 2.05) is 6.92 Å². The maximum absolute atomic E-state index is 13.0. The van der Waals surface area contributed by atoms with Crippen molar-refractivity contribution in [2.45, 2.75) is 31.7 Å². The zero-order valence-electron chi connectivity index (χ0n) is 15.0. The van der Waals surface area contributed by atoms with E-state index in [-0.39, 0.29) is 15.7 Å². The Kier molecular flexibility index (Phi) is 5.38. The topological polar surface area (TPSA) is 104 Å². The molecule has 0 spiro atoms. The Balaban J connectivity index is 2.11. The Labute approximate surface area is 162 Å². The van der Waals surface area contributed by atoms with E-state index < -0.39 is 10.0 Å². The van der Waals surface area contributed by atoms with E-state index in [1.165, 1.54) is 31.9 Å². The lowest BCUT2D eigenvalue weighted by molar-refractivity contribution is 0.403. The minimum Gasteiger partial charge on any atom is -0.495 e. The first-order valence-electron chi connectivity index (χ1n) is 8.16.